The van der Waals surface area contributed by atoms with Gasteiger partial charge in [-0.2, -0.15) is 5.26 Å². The Hall–Kier alpha value is -4.08. The summed E-state index contributed by atoms with van der Waals surface area (Å²) in [5.74, 6) is 0.590. The van der Waals surface area contributed by atoms with Crippen LogP contribution >= 0.6 is 11.8 Å². The lowest BCUT2D eigenvalue weighted by Gasteiger charge is -2.16. The minimum Gasteiger partial charge on any atom is -0.497 e. The molecule has 0 aliphatic carbocycles. The molecule has 5 nitrogen and oxygen atoms in total. The summed E-state index contributed by atoms with van der Waals surface area (Å²) in [5, 5.41) is 13.2. The molecule has 0 saturated carbocycles. The van der Waals surface area contributed by atoms with E-state index < -0.39 is 5.25 Å². The number of ether oxygens (including phenoxy) is 1. The molecule has 1 heterocycles. The van der Waals surface area contributed by atoms with E-state index >= 15 is 0 Å². The Morgan fingerprint density at radius 1 is 0.972 bits per heavy atom. The van der Waals surface area contributed by atoms with Crippen LogP contribution < -0.4 is 10.1 Å². The zero-order valence-corrected chi connectivity index (χ0v) is 21.5. The van der Waals surface area contributed by atoms with Crippen LogP contribution in [0.3, 0.4) is 0 Å². The quantitative estimate of drug-likeness (QED) is 0.280. The topological polar surface area (TPSA) is 75.0 Å². The number of nitrogens with zero attached hydrogens (tertiary/aromatic N) is 2. The van der Waals surface area contributed by atoms with Gasteiger partial charge in [-0.1, -0.05) is 60.3 Å². The number of aryl methyl sites for hydroxylation is 2. The highest BCUT2D eigenvalue weighted by Gasteiger charge is 2.22. The molecule has 6 heteroatoms. The van der Waals surface area contributed by atoms with Gasteiger partial charge in [0, 0.05) is 16.8 Å². The predicted octanol–water partition coefficient (Wildman–Crippen LogP) is 7.03. The Bertz CT molecular complexity index is 1410. The van der Waals surface area contributed by atoms with Gasteiger partial charge in [0.1, 0.15) is 16.8 Å². The van der Waals surface area contributed by atoms with Crippen molar-refractivity contribution in [2.75, 3.05) is 12.4 Å². The maximum atomic E-state index is 13.1. The predicted molar refractivity (Wildman–Crippen MR) is 146 cm³/mol. The van der Waals surface area contributed by atoms with Crippen LogP contribution in [0.1, 0.15) is 23.6 Å². The van der Waals surface area contributed by atoms with Crippen molar-refractivity contribution in [3.63, 3.8) is 0 Å². The number of hydrogen-bond donors (Lipinski definition) is 1. The van der Waals surface area contributed by atoms with Crippen molar-refractivity contribution in [3.8, 4) is 34.2 Å². The average molecular weight is 494 g/mol. The summed E-state index contributed by atoms with van der Waals surface area (Å²) in [6, 6.07) is 27.6. The number of hydrogen-bond acceptors (Lipinski definition) is 5. The molecule has 1 aromatic heterocycles. The van der Waals surface area contributed by atoms with Crippen LogP contribution in [-0.4, -0.2) is 23.3 Å². The van der Waals surface area contributed by atoms with Gasteiger partial charge in [-0.3, -0.25) is 4.79 Å². The minimum absolute atomic E-state index is 0.146. The van der Waals surface area contributed by atoms with Crippen LogP contribution in [0.2, 0.25) is 0 Å². The van der Waals surface area contributed by atoms with E-state index in [9.17, 15) is 10.1 Å². The van der Waals surface area contributed by atoms with E-state index in [1.807, 2.05) is 93.6 Å². The van der Waals surface area contributed by atoms with Crippen LogP contribution in [0.4, 0.5) is 5.69 Å². The van der Waals surface area contributed by atoms with Crippen molar-refractivity contribution >= 4 is 23.4 Å². The zero-order chi connectivity index (χ0) is 25.7. The lowest BCUT2D eigenvalue weighted by molar-refractivity contribution is -0.115. The van der Waals surface area contributed by atoms with Crippen LogP contribution in [0.25, 0.3) is 22.4 Å². The molecule has 3 aromatic carbocycles. The number of benzene rings is 3. The summed E-state index contributed by atoms with van der Waals surface area (Å²) in [4.78, 5) is 17.9. The number of nitriles is 1. The molecule has 0 aliphatic rings. The van der Waals surface area contributed by atoms with Crippen molar-refractivity contribution in [2.24, 2.45) is 0 Å². The number of rotatable bonds is 7. The normalized spacial score (nSPS) is 11.4. The number of carbonyl (C=O) groups excluding carboxylic acids is 1. The first-order chi connectivity index (χ1) is 17.4. The first-order valence-electron chi connectivity index (χ1n) is 11.6. The fraction of sp³-hybridized carbons (Fsp3) is 0.167. The van der Waals surface area contributed by atoms with E-state index in [1.165, 1.54) is 11.8 Å². The number of thioether (sulfide) groups is 1. The van der Waals surface area contributed by atoms with E-state index in [0.717, 1.165) is 44.9 Å². The van der Waals surface area contributed by atoms with E-state index in [2.05, 4.69) is 17.5 Å². The van der Waals surface area contributed by atoms with Gasteiger partial charge in [-0.15, -0.1) is 0 Å². The van der Waals surface area contributed by atoms with Gasteiger partial charge in [-0.05, 0) is 67.8 Å². The Balaban J connectivity index is 1.72. The highest BCUT2D eigenvalue weighted by molar-refractivity contribution is 8.00. The van der Waals surface area contributed by atoms with Gasteiger partial charge in [0.15, 0.2) is 0 Å². The highest BCUT2D eigenvalue weighted by Crippen LogP contribution is 2.36. The summed E-state index contributed by atoms with van der Waals surface area (Å²) < 4.78 is 5.29. The van der Waals surface area contributed by atoms with Gasteiger partial charge in [-0.25, -0.2) is 4.98 Å². The van der Waals surface area contributed by atoms with E-state index in [4.69, 9.17) is 9.72 Å². The largest absolute Gasteiger partial charge is 0.497 e. The summed E-state index contributed by atoms with van der Waals surface area (Å²) in [6.45, 7) is 5.83. The van der Waals surface area contributed by atoms with Crippen LogP contribution in [-0.2, 0) is 4.79 Å². The second kappa shape index (κ2) is 11.1. The van der Waals surface area contributed by atoms with Crippen LogP contribution in [0, 0.1) is 25.2 Å². The Morgan fingerprint density at radius 3 is 2.25 bits per heavy atom. The van der Waals surface area contributed by atoms with Crippen molar-refractivity contribution in [2.45, 2.75) is 31.0 Å². The molecule has 1 N–H and O–H groups in total. The molecular formula is C30H27N3O2S. The standard InChI is InChI=1S/C30H27N3O2S/c1-19-14-20(2)16-24(15-19)32-29(34)21(3)36-30-27(18-31)26(22-10-12-25(35-4)13-11-22)17-28(33-30)23-8-6-5-7-9-23/h5-17,21H,1-4H3,(H,32,34). The third-order valence-electron chi connectivity index (χ3n) is 5.72. The molecule has 4 aromatic rings. The van der Waals surface area contributed by atoms with Crippen molar-refractivity contribution in [1.82, 2.24) is 4.98 Å². The Morgan fingerprint density at radius 2 is 1.64 bits per heavy atom. The van der Waals surface area contributed by atoms with E-state index in [1.54, 1.807) is 7.11 Å². The lowest BCUT2D eigenvalue weighted by Crippen LogP contribution is -2.22. The summed E-state index contributed by atoms with van der Waals surface area (Å²) in [7, 11) is 1.62. The maximum Gasteiger partial charge on any atom is 0.237 e. The highest BCUT2D eigenvalue weighted by atomic mass is 32.2. The molecule has 0 spiro atoms. The molecular weight excluding hydrogens is 466 g/mol. The third kappa shape index (κ3) is 5.76. The molecule has 4 rings (SSSR count). The molecule has 1 amide bonds. The third-order valence-corrected chi connectivity index (χ3v) is 6.80. The molecule has 0 fully saturated rings. The fourth-order valence-electron chi connectivity index (χ4n) is 3.98. The molecule has 1 unspecified atom stereocenters. The Kier molecular flexibility index (Phi) is 7.72. The molecule has 0 radical (unpaired) electrons. The average Bonchev–Trinajstić information content (AvgIpc) is 2.88. The second-order valence-electron chi connectivity index (χ2n) is 8.57. The van der Waals surface area contributed by atoms with Gasteiger partial charge in [0.2, 0.25) is 5.91 Å². The van der Waals surface area contributed by atoms with Gasteiger partial charge in [0.25, 0.3) is 0 Å². The first-order valence-corrected chi connectivity index (χ1v) is 12.5. The second-order valence-corrected chi connectivity index (χ2v) is 9.90. The van der Waals surface area contributed by atoms with E-state index in [-0.39, 0.29) is 5.91 Å². The number of carbonyl (C=O) groups is 1. The molecule has 36 heavy (non-hydrogen) atoms. The first kappa shape index (κ1) is 25.0. The van der Waals surface area contributed by atoms with Gasteiger partial charge >= 0.3 is 0 Å². The molecule has 180 valence electrons. The lowest BCUT2D eigenvalue weighted by atomic mass is 9.99. The number of amides is 1. The number of aromatic nitrogens is 1. The fourth-order valence-corrected chi connectivity index (χ4v) is 4.91. The molecule has 0 saturated heterocycles. The Labute approximate surface area is 216 Å². The van der Waals surface area contributed by atoms with Gasteiger partial charge in [0.05, 0.1) is 23.6 Å². The smallest absolute Gasteiger partial charge is 0.237 e. The van der Waals surface area contributed by atoms with Crippen molar-refractivity contribution < 1.29 is 9.53 Å². The monoisotopic (exact) mass is 493 g/mol. The minimum atomic E-state index is -0.472. The van der Waals surface area contributed by atoms with Gasteiger partial charge < -0.3 is 10.1 Å². The number of nitrogens with one attached hydrogen (secondary N) is 1. The summed E-state index contributed by atoms with van der Waals surface area (Å²) in [5.41, 5.74) is 6.68. The number of anilines is 1. The van der Waals surface area contributed by atoms with Crippen LogP contribution in [0.15, 0.2) is 83.9 Å². The van der Waals surface area contributed by atoms with Crippen LogP contribution in [0.5, 0.6) is 5.75 Å². The molecule has 1 atom stereocenters. The maximum absolute atomic E-state index is 13.1. The van der Waals surface area contributed by atoms with E-state index in [0.29, 0.717) is 10.6 Å². The molecule has 0 bridgehead atoms. The number of pyridine rings is 1. The number of methoxy groups -OCH3 is 1. The summed E-state index contributed by atoms with van der Waals surface area (Å²) >= 11 is 1.29. The SMILES string of the molecule is COc1ccc(-c2cc(-c3ccccc3)nc(SC(C)C(=O)Nc3cc(C)cc(C)c3)c2C#N)cc1. The summed E-state index contributed by atoms with van der Waals surface area (Å²) in [6.07, 6.45) is 0. The zero-order valence-electron chi connectivity index (χ0n) is 20.7. The molecule has 0 aliphatic heterocycles. The van der Waals surface area contributed by atoms with Crippen molar-refractivity contribution in [3.05, 3.63) is 95.6 Å². The van der Waals surface area contributed by atoms with Crippen molar-refractivity contribution in [1.29, 1.82) is 5.26 Å².